The first-order chi connectivity index (χ1) is 18.8. The quantitative estimate of drug-likeness (QED) is 0.505. The van der Waals surface area contributed by atoms with Gasteiger partial charge in [-0.05, 0) is 37.9 Å². The van der Waals surface area contributed by atoms with Crippen molar-refractivity contribution in [1.29, 1.82) is 0 Å². The smallest absolute Gasteiger partial charge is 0.275 e. The minimum Gasteiger partial charge on any atom is -0.483 e. The van der Waals surface area contributed by atoms with E-state index in [1.54, 1.807) is 10.6 Å². The molecule has 2 aliphatic heterocycles. The van der Waals surface area contributed by atoms with E-state index < -0.39 is 22.7 Å². The summed E-state index contributed by atoms with van der Waals surface area (Å²) in [4.78, 5) is 45.0. The summed E-state index contributed by atoms with van der Waals surface area (Å²) in [5.74, 6) is -1.72. The minimum atomic E-state index is -0.679. The summed E-state index contributed by atoms with van der Waals surface area (Å²) in [6, 6.07) is 13.8. The summed E-state index contributed by atoms with van der Waals surface area (Å²) >= 11 is 5.88. The van der Waals surface area contributed by atoms with Crippen LogP contribution < -0.4 is 15.5 Å². The Hall–Kier alpha value is -3.69. The lowest BCUT2D eigenvalue weighted by Gasteiger charge is -2.51. The summed E-state index contributed by atoms with van der Waals surface area (Å²) in [5, 5.41) is 2.59. The fraction of sp³-hybridized carbons (Fsp3) is 0.345. The van der Waals surface area contributed by atoms with Crippen molar-refractivity contribution in [3.05, 3.63) is 98.2 Å². The molecule has 3 aliphatic rings. The maximum atomic E-state index is 14.4. The normalized spacial score (nSPS) is 19.4. The molecule has 1 aliphatic carbocycles. The van der Waals surface area contributed by atoms with Crippen molar-refractivity contribution < 1.29 is 18.7 Å². The number of nitrogens with one attached hydrogen (secondary N) is 1. The number of hydrogen-bond acceptors (Lipinski definition) is 5. The number of hydrogen-bond donors (Lipinski definition) is 1. The number of carbonyl (C=O) groups is 2. The first kappa shape index (κ1) is 25.6. The molecule has 8 nitrogen and oxygen atoms in total. The van der Waals surface area contributed by atoms with Gasteiger partial charge in [0.25, 0.3) is 11.8 Å². The van der Waals surface area contributed by atoms with Gasteiger partial charge in [-0.1, -0.05) is 54.1 Å². The number of amides is 2. The van der Waals surface area contributed by atoms with E-state index in [4.69, 9.17) is 16.3 Å². The molecule has 1 spiro atoms. The highest BCUT2D eigenvalue weighted by atomic mass is 35.5. The lowest BCUT2D eigenvalue weighted by molar-refractivity contribution is -0.0259. The molecule has 2 amide bonds. The van der Waals surface area contributed by atoms with Crippen molar-refractivity contribution in [2.45, 2.75) is 44.1 Å². The van der Waals surface area contributed by atoms with Gasteiger partial charge in [0.15, 0.2) is 11.4 Å². The number of halogens is 2. The van der Waals surface area contributed by atoms with E-state index in [1.807, 2.05) is 42.3 Å². The van der Waals surface area contributed by atoms with Crippen LogP contribution in [-0.4, -0.2) is 52.5 Å². The molecule has 1 N–H and O–H groups in total. The predicted molar refractivity (Wildman–Crippen MR) is 143 cm³/mol. The number of carbonyl (C=O) groups excluding carboxylic acids is 2. The molecular formula is C29H28ClFN4O4. The molecule has 1 saturated heterocycles. The van der Waals surface area contributed by atoms with Crippen LogP contribution in [0, 0.1) is 5.82 Å². The summed E-state index contributed by atoms with van der Waals surface area (Å²) in [5.41, 5.74) is -0.0861. The Kier molecular flexibility index (Phi) is 6.43. The van der Waals surface area contributed by atoms with E-state index in [0.29, 0.717) is 6.54 Å². The van der Waals surface area contributed by atoms with Gasteiger partial charge in [-0.3, -0.25) is 19.3 Å². The molecule has 1 aromatic heterocycles. The molecule has 2 fully saturated rings. The molecule has 1 saturated carbocycles. The standard InChI is InChI=1S/C29H28ClFN4O4/c1-33-13-6-14-34-27(38)23-25(39-17-18-7-3-2-4-8-18)24(36)20(16-35(23)29(11-12-29)28(33)34)26(37)32-15-19-9-5-10-21(30)22(19)31/h2-5,7-10,16,28H,6,11-15,17H2,1H3,(H,32,37). The Morgan fingerprint density at radius 1 is 1.13 bits per heavy atom. The molecule has 10 heteroatoms. The largest absolute Gasteiger partial charge is 0.483 e. The van der Waals surface area contributed by atoms with Crippen LogP contribution in [0.5, 0.6) is 5.75 Å². The van der Waals surface area contributed by atoms with Gasteiger partial charge in [-0.25, -0.2) is 4.39 Å². The Morgan fingerprint density at radius 2 is 1.90 bits per heavy atom. The highest BCUT2D eigenvalue weighted by Crippen LogP contribution is 2.53. The number of fused-ring (bicyclic) bond motifs is 4. The highest BCUT2D eigenvalue weighted by Gasteiger charge is 2.61. The zero-order chi connectivity index (χ0) is 27.3. The summed E-state index contributed by atoms with van der Waals surface area (Å²) < 4.78 is 22.3. The second-order valence-corrected chi connectivity index (χ2v) is 10.8. The fourth-order valence-corrected chi connectivity index (χ4v) is 6.09. The zero-order valence-electron chi connectivity index (χ0n) is 21.5. The second-order valence-electron chi connectivity index (χ2n) is 10.4. The molecule has 6 rings (SSSR count). The third kappa shape index (κ3) is 4.30. The second kappa shape index (κ2) is 9.81. The van der Waals surface area contributed by atoms with E-state index >= 15 is 0 Å². The Balaban J connectivity index is 1.42. The Morgan fingerprint density at radius 3 is 2.64 bits per heavy atom. The van der Waals surface area contributed by atoms with E-state index in [2.05, 4.69) is 10.2 Å². The molecule has 0 bridgehead atoms. The number of aromatic nitrogens is 1. The summed E-state index contributed by atoms with van der Waals surface area (Å²) in [7, 11) is 2.00. The third-order valence-corrected chi connectivity index (χ3v) is 8.21. The van der Waals surface area contributed by atoms with Gasteiger partial charge >= 0.3 is 0 Å². The Labute approximate surface area is 229 Å². The monoisotopic (exact) mass is 550 g/mol. The summed E-state index contributed by atoms with van der Waals surface area (Å²) in [6.45, 7) is 1.35. The zero-order valence-corrected chi connectivity index (χ0v) is 22.2. The van der Waals surface area contributed by atoms with Crippen LogP contribution in [0.1, 0.15) is 51.2 Å². The summed E-state index contributed by atoms with van der Waals surface area (Å²) in [6.07, 6.45) is 3.75. The van der Waals surface area contributed by atoms with Gasteiger partial charge in [-0.2, -0.15) is 0 Å². The number of ether oxygens (including phenoxy) is 1. The average molecular weight is 551 g/mol. The lowest BCUT2D eigenvalue weighted by Crippen LogP contribution is -2.65. The van der Waals surface area contributed by atoms with Gasteiger partial charge in [0.05, 0.1) is 10.6 Å². The first-order valence-corrected chi connectivity index (χ1v) is 13.4. The number of nitrogens with zero attached hydrogens (tertiary/aromatic N) is 3. The van der Waals surface area contributed by atoms with E-state index in [-0.39, 0.29) is 52.8 Å². The van der Waals surface area contributed by atoms with Gasteiger partial charge in [0, 0.05) is 31.4 Å². The molecule has 202 valence electrons. The number of benzene rings is 2. The van der Waals surface area contributed by atoms with Crippen molar-refractivity contribution >= 4 is 23.4 Å². The van der Waals surface area contributed by atoms with Crippen molar-refractivity contribution in [3.63, 3.8) is 0 Å². The number of likely N-dealkylation sites (N-methyl/N-ethyl adjacent to an activating group) is 1. The van der Waals surface area contributed by atoms with Crippen LogP contribution in [0.3, 0.4) is 0 Å². The van der Waals surface area contributed by atoms with Crippen molar-refractivity contribution in [1.82, 2.24) is 19.7 Å². The Bertz CT molecular complexity index is 1520. The van der Waals surface area contributed by atoms with Crippen LogP contribution >= 0.6 is 11.6 Å². The van der Waals surface area contributed by atoms with Crippen LogP contribution in [-0.2, 0) is 18.7 Å². The topological polar surface area (TPSA) is 83.9 Å². The highest BCUT2D eigenvalue weighted by molar-refractivity contribution is 6.30. The van der Waals surface area contributed by atoms with Crippen molar-refractivity contribution in [3.8, 4) is 5.75 Å². The van der Waals surface area contributed by atoms with Crippen LogP contribution in [0.25, 0.3) is 0 Å². The van der Waals surface area contributed by atoms with E-state index in [0.717, 1.165) is 31.4 Å². The van der Waals surface area contributed by atoms with Crippen molar-refractivity contribution in [2.24, 2.45) is 0 Å². The molecule has 2 aromatic carbocycles. The van der Waals surface area contributed by atoms with Crippen molar-refractivity contribution in [2.75, 3.05) is 20.1 Å². The SMILES string of the molecule is CN1CCCN2C(=O)c3c(OCc4ccccc4)c(=O)c(C(=O)NCc4cccc(Cl)c4F)cn3C3(CC3)C12. The molecule has 3 aromatic rings. The minimum absolute atomic E-state index is 0.0532. The predicted octanol–water partition coefficient (Wildman–Crippen LogP) is 3.76. The van der Waals surface area contributed by atoms with Gasteiger partial charge in [0.1, 0.15) is 24.2 Å². The van der Waals surface area contributed by atoms with E-state index in [1.165, 1.54) is 18.3 Å². The van der Waals surface area contributed by atoms with Gasteiger partial charge < -0.3 is 19.5 Å². The number of pyridine rings is 1. The molecule has 1 unspecified atom stereocenters. The van der Waals surface area contributed by atoms with Gasteiger partial charge in [0.2, 0.25) is 5.43 Å². The van der Waals surface area contributed by atoms with E-state index in [9.17, 15) is 18.8 Å². The molecule has 3 heterocycles. The first-order valence-electron chi connectivity index (χ1n) is 13.0. The van der Waals surface area contributed by atoms with Gasteiger partial charge in [-0.15, -0.1) is 0 Å². The van der Waals surface area contributed by atoms with Crippen LogP contribution in [0.15, 0.2) is 59.5 Å². The molecule has 1 atom stereocenters. The fourth-order valence-electron chi connectivity index (χ4n) is 5.90. The molecule has 0 radical (unpaired) electrons. The molecular weight excluding hydrogens is 523 g/mol. The maximum absolute atomic E-state index is 14.4. The maximum Gasteiger partial charge on any atom is 0.275 e. The van der Waals surface area contributed by atoms with Crippen LogP contribution in [0.4, 0.5) is 4.39 Å². The average Bonchev–Trinajstić information content (AvgIpc) is 3.73. The molecule has 39 heavy (non-hydrogen) atoms. The van der Waals surface area contributed by atoms with Crippen LogP contribution in [0.2, 0.25) is 5.02 Å². The third-order valence-electron chi connectivity index (χ3n) is 7.92. The lowest BCUT2D eigenvalue weighted by atomic mass is 9.99. The number of rotatable bonds is 6.